The Bertz CT molecular complexity index is 1090. The number of aliphatic hydroxyl groups is 1. The Morgan fingerprint density at radius 2 is 2.00 bits per heavy atom. The first-order valence-corrected chi connectivity index (χ1v) is 9.41. The van der Waals surface area contributed by atoms with Crippen LogP contribution in [-0.4, -0.2) is 61.4 Å². The minimum absolute atomic E-state index is 0.172. The maximum Gasteiger partial charge on any atom is 0.325 e. The number of hydrogen-bond donors (Lipinski definition) is 2. The highest BCUT2D eigenvalue weighted by Gasteiger charge is 2.49. The summed E-state index contributed by atoms with van der Waals surface area (Å²) in [6.45, 7) is 1.16. The van der Waals surface area contributed by atoms with Gasteiger partial charge >= 0.3 is 6.03 Å². The molecule has 0 radical (unpaired) electrons. The average molecular weight is 426 g/mol. The summed E-state index contributed by atoms with van der Waals surface area (Å²) < 4.78 is 19.8. The summed E-state index contributed by atoms with van der Waals surface area (Å²) in [4.78, 5) is 26.5. The zero-order valence-electron chi connectivity index (χ0n) is 16.5. The van der Waals surface area contributed by atoms with Gasteiger partial charge in [0.1, 0.15) is 36.1 Å². The second-order valence-electron chi connectivity index (χ2n) is 7.19. The number of halogens is 1. The number of nitrogens with one attached hydrogen (secondary N) is 1. The van der Waals surface area contributed by atoms with Gasteiger partial charge in [-0.2, -0.15) is 0 Å². The number of rotatable bonds is 7. The average Bonchev–Trinajstić information content (AvgIpc) is 3.38. The minimum atomic E-state index is -1.32. The molecule has 160 valence electrons. The number of nitrogens with zero attached hydrogens (tertiary/aromatic N) is 5. The summed E-state index contributed by atoms with van der Waals surface area (Å²) >= 11 is 0. The maximum atomic E-state index is 13.1. The smallest absolute Gasteiger partial charge is 0.325 e. The number of aromatic nitrogens is 4. The molecule has 1 saturated heterocycles. The molecule has 2 unspecified atom stereocenters. The molecule has 1 aromatic heterocycles. The monoisotopic (exact) mass is 426 g/mol. The van der Waals surface area contributed by atoms with Crippen molar-refractivity contribution >= 4 is 11.9 Å². The first kappa shape index (κ1) is 20.4. The molecule has 2 heterocycles. The van der Waals surface area contributed by atoms with Gasteiger partial charge in [-0.3, -0.25) is 9.69 Å². The van der Waals surface area contributed by atoms with E-state index in [2.05, 4.69) is 20.8 Å². The number of benzene rings is 2. The van der Waals surface area contributed by atoms with Crippen molar-refractivity contribution in [3.8, 4) is 11.4 Å². The number of hydrogen-bond acceptors (Lipinski definition) is 7. The number of tetrazole rings is 1. The number of aliphatic hydroxyl groups excluding tert-OH is 1. The summed E-state index contributed by atoms with van der Waals surface area (Å²) in [5.41, 5.74) is -0.158. The molecule has 1 fully saturated rings. The Balaban J connectivity index is 1.45. The Kier molecular flexibility index (Phi) is 5.34. The zero-order chi connectivity index (χ0) is 22.0. The van der Waals surface area contributed by atoms with Crippen LogP contribution < -0.4 is 10.1 Å². The third-order valence-electron chi connectivity index (χ3n) is 4.96. The van der Waals surface area contributed by atoms with Crippen LogP contribution in [0.15, 0.2) is 54.9 Å². The highest BCUT2D eigenvalue weighted by Crippen LogP contribution is 2.30. The van der Waals surface area contributed by atoms with Crippen molar-refractivity contribution < 1.29 is 23.8 Å². The van der Waals surface area contributed by atoms with Crippen LogP contribution in [0.25, 0.3) is 5.69 Å². The van der Waals surface area contributed by atoms with Crippen LogP contribution in [0.4, 0.5) is 9.18 Å². The van der Waals surface area contributed by atoms with Gasteiger partial charge in [-0.25, -0.2) is 13.9 Å². The number of carbonyl (C=O) groups excluding carboxylic acids is 2. The van der Waals surface area contributed by atoms with E-state index >= 15 is 0 Å². The Morgan fingerprint density at radius 1 is 1.23 bits per heavy atom. The highest BCUT2D eigenvalue weighted by atomic mass is 19.1. The van der Waals surface area contributed by atoms with E-state index in [0.717, 1.165) is 4.90 Å². The van der Waals surface area contributed by atoms with E-state index in [-0.39, 0.29) is 13.2 Å². The van der Waals surface area contributed by atoms with Gasteiger partial charge in [-0.15, -0.1) is 5.10 Å². The number of ether oxygens (including phenoxy) is 1. The van der Waals surface area contributed by atoms with Gasteiger partial charge in [0.15, 0.2) is 0 Å². The summed E-state index contributed by atoms with van der Waals surface area (Å²) in [6.07, 6.45) is 0.287. The lowest BCUT2D eigenvalue weighted by Gasteiger charge is -2.23. The molecule has 0 spiro atoms. The number of β-amino-alcohol motifs (C(OH)–C–C–N with tert-alkyl or cyclic N) is 1. The van der Waals surface area contributed by atoms with Gasteiger partial charge in [0.2, 0.25) is 0 Å². The molecule has 2 atom stereocenters. The lowest BCUT2D eigenvalue weighted by molar-refractivity contribution is -0.132. The lowest BCUT2D eigenvalue weighted by atomic mass is 9.91. The third kappa shape index (κ3) is 4.08. The van der Waals surface area contributed by atoms with E-state index in [1.165, 1.54) is 35.3 Å². The molecule has 0 bridgehead atoms. The Labute approximate surface area is 176 Å². The van der Waals surface area contributed by atoms with E-state index in [0.29, 0.717) is 17.0 Å². The molecular formula is C20H19FN6O4. The largest absolute Gasteiger partial charge is 0.491 e. The van der Waals surface area contributed by atoms with Gasteiger partial charge in [-0.05, 0) is 59.3 Å². The molecule has 3 aromatic rings. The minimum Gasteiger partial charge on any atom is -0.491 e. The van der Waals surface area contributed by atoms with Crippen molar-refractivity contribution in [3.05, 3.63) is 66.2 Å². The third-order valence-corrected chi connectivity index (χ3v) is 4.96. The maximum absolute atomic E-state index is 13.1. The molecule has 4 rings (SSSR count). The summed E-state index contributed by atoms with van der Waals surface area (Å²) in [6, 6.07) is 11.6. The molecule has 11 heteroatoms. The molecule has 3 amide bonds. The molecule has 2 aromatic carbocycles. The topological polar surface area (TPSA) is 122 Å². The molecular weight excluding hydrogens is 407 g/mol. The van der Waals surface area contributed by atoms with E-state index in [1.807, 2.05) is 0 Å². The second kappa shape index (κ2) is 8.11. The predicted octanol–water partition coefficient (Wildman–Crippen LogP) is 1.01. The van der Waals surface area contributed by atoms with Crippen LogP contribution in [-0.2, 0) is 10.3 Å². The molecule has 10 nitrogen and oxygen atoms in total. The summed E-state index contributed by atoms with van der Waals surface area (Å²) in [5.74, 6) is -0.551. The zero-order valence-corrected chi connectivity index (χ0v) is 16.5. The fourth-order valence-electron chi connectivity index (χ4n) is 3.28. The predicted molar refractivity (Wildman–Crippen MR) is 105 cm³/mol. The molecule has 0 aliphatic carbocycles. The summed E-state index contributed by atoms with van der Waals surface area (Å²) in [7, 11) is 0. The molecule has 1 aliphatic rings. The standard InChI is InChI=1S/C20H19FN6O4/c1-20(13-3-2-4-15(9-13)27-12-22-24-25-27)18(29)26(19(30)23-20)10-16(28)11-31-17-7-5-14(21)6-8-17/h2-9,12,16,28H,10-11H2,1H3,(H,23,30). The number of imide groups is 1. The molecule has 0 saturated carbocycles. The molecule has 31 heavy (non-hydrogen) atoms. The van der Waals surface area contributed by atoms with Crippen LogP contribution in [0.1, 0.15) is 12.5 Å². The van der Waals surface area contributed by atoms with Crippen molar-refractivity contribution in [2.24, 2.45) is 0 Å². The fraction of sp³-hybridized carbons (Fsp3) is 0.250. The first-order valence-electron chi connectivity index (χ1n) is 9.41. The first-order chi connectivity index (χ1) is 14.9. The van der Waals surface area contributed by atoms with E-state index in [1.54, 1.807) is 31.2 Å². The van der Waals surface area contributed by atoms with Gasteiger partial charge < -0.3 is 15.2 Å². The van der Waals surface area contributed by atoms with Crippen molar-refractivity contribution in [1.82, 2.24) is 30.4 Å². The quantitative estimate of drug-likeness (QED) is 0.541. The summed E-state index contributed by atoms with van der Waals surface area (Å²) in [5, 5.41) is 24.0. The van der Waals surface area contributed by atoms with Crippen molar-refractivity contribution in [3.63, 3.8) is 0 Å². The van der Waals surface area contributed by atoms with Crippen LogP contribution >= 0.6 is 0 Å². The van der Waals surface area contributed by atoms with Gasteiger partial charge in [0, 0.05) is 0 Å². The van der Waals surface area contributed by atoms with E-state index < -0.39 is 29.4 Å². The number of urea groups is 1. The van der Waals surface area contributed by atoms with E-state index in [9.17, 15) is 19.1 Å². The van der Waals surface area contributed by atoms with Crippen LogP contribution in [0.5, 0.6) is 5.75 Å². The number of amides is 3. The van der Waals surface area contributed by atoms with Crippen molar-refractivity contribution in [2.75, 3.05) is 13.2 Å². The van der Waals surface area contributed by atoms with E-state index in [4.69, 9.17) is 4.74 Å². The lowest BCUT2D eigenvalue weighted by Crippen LogP contribution is -2.42. The number of carbonyl (C=O) groups is 2. The SMILES string of the molecule is CC1(c2cccc(-n3cnnn3)c2)NC(=O)N(CC(O)COc2ccc(F)cc2)C1=O. The molecule has 2 N–H and O–H groups in total. The van der Waals surface area contributed by atoms with Crippen molar-refractivity contribution in [1.29, 1.82) is 0 Å². The van der Waals surface area contributed by atoms with Crippen LogP contribution in [0.2, 0.25) is 0 Å². The van der Waals surface area contributed by atoms with Crippen molar-refractivity contribution in [2.45, 2.75) is 18.6 Å². The normalized spacial score (nSPS) is 19.4. The van der Waals surface area contributed by atoms with Crippen LogP contribution in [0, 0.1) is 5.82 Å². The van der Waals surface area contributed by atoms with Gasteiger partial charge in [0.25, 0.3) is 5.91 Å². The Morgan fingerprint density at radius 3 is 2.71 bits per heavy atom. The molecule has 1 aliphatic heterocycles. The fourth-order valence-corrected chi connectivity index (χ4v) is 3.28. The highest BCUT2D eigenvalue weighted by molar-refractivity contribution is 6.07. The van der Waals surface area contributed by atoms with Crippen LogP contribution in [0.3, 0.4) is 0 Å². The van der Waals surface area contributed by atoms with Gasteiger partial charge in [-0.1, -0.05) is 12.1 Å². The Hall–Kier alpha value is -3.86. The van der Waals surface area contributed by atoms with Gasteiger partial charge in [0.05, 0.1) is 12.2 Å². The second-order valence-corrected chi connectivity index (χ2v) is 7.19.